The molecule has 1 aliphatic heterocycles. The lowest BCUT2D eigenvalue weighted by Gasteiger charge is -2.38. The molecule has 8 nitrogen and oxygen atoms in total. The molecule has 0 bridgehead atoms. The number of aliphatic hydroxyl groups excluding tert-OH is 1. The third-order valence-corrected chi connectivity index (χ3v) is 7.75. The highest BCUT2D eigenvalue weighted by Gasteiger charge is 2.41. The minimum Gasteiger partial charge on any atom is -0.493 e. The summed E-state index contributed by atoms with van der Waals surface area (Å²) in [5.41, 5.74) is 3.19. The van der Waals surface area contributed by atoms with Crippen molar-refractivity contribution in [1.82, 2.24) is 4.90 Å². The van der Waals surface area contributed by atoms with Crippen LogP contribution in [0.25, 0.3) is 0 Å². The van der Waals surface area contributed by atoms with E-state index < -0.39 is 24.0 Å². The highest BCUT2D eigenvalue weighted by Crippen LogP contribution is 2.40. The number of rotatable bonds is 9. The topological polar surface area (TPSA) is 106 Å². The molecule has 2 atom stereocenters. The summed E-state index contributed by atoms with van der Waals surface area (Å²) in [6, 6.07) is 21.5. The summed E-state index contributed by atoms with van der Waals surface area (Å²) in [4.78, 5) is 28.1. The molecular formula is C32H35NO7. The minimum atomic E-state index is -1.10. The number of carboxylic acids is 1. The summed E-state index contributed by atoms with van der Waals surface area (Å²) in [6.45, 7) is 0.404. The lowest BCUT2D eigenvalue weighted by molar-refractivity contribution is -0.161. The van der Waals surface area contributed by atoms with E-state index in [2.05, 4.69) is 0 Å². The second-order valence-corrected chi connectivity index (χ2v) is 10.4. The van der Waals surface area contributed by atoms with Crippen LogP contribution in [0.15, 0.2) is 72.8 Å². The van der Waals surface area contributed by atoms with Gasteiger partial charge >= 0.3 is 5.97 Å². The summed E-state index contributed by atoms with van der Waals surface area (Å²) in [5.74, 6) is -0.469. The summed E-state index contributed by atoms with van der Waals surface area (Å²) < 4.78 is 18.1. The molecule has 5 rings (SSSR count). The summed E-state index contributed by atoms with van der Waals surface area (Å²) >= 11 is 0. The third-order valence-electron chi connectivity index (χ3n) is 7.75. The summed E-state index contributed by atoms with van der Waals surface area (Å²) in [6.07, 6.45) is 1.10. The predicted molar refractivity (Wildman–Crippen MR) is 148 cm³/mol. The zero-order chi connectivity index (χ0) is 28.1. The van der Waals surface area contributed by atoms with E-state index >= 15 is 0 Å². The number of hydrogen-bond acceptors (Lipinski definition) is 6. The van der Waals surface area contributed by atoms with Crippen LogP contribution in [0.3, 0.4) is 0 Å². The van der Waals surface area contributed by atoms with Crippen LogP contribution in [0.2, 0.25) is 0 Å². The fourth-order valence-corrected chi connectivity index (χ4v) is 5.55. The normalized spacial score (nSPS) is 21.2. The van der Waals surface area contributed by atoms with E-state index in [1.807, 2.05) is 66.7 Å². The Morgan fingerprint density at radius 3 is 2.27 bits per heavy atom. The standard InChI is InChI=1S/C32H35NO7/c1-38-28-17-12-23-19-33(27(32(36)37)18-26(23)30(28)39-20-21-8-4-2-5-9-21)31(35)29(22-10-6-3-7-11-22)40-25-15-13-24(34)14-16-25/h2-12,17,24-25,27,29,34H,13-16,18-20H2,1H3,(H,36,37). The van der Waals surface area contributed by atoms with Crippen molar-refractivity contribution in [3.63, 3.8) is 0 Å². The molecule has 2 N–H and O–H groups in total. The molecule has 0 spiro atoms. The van der Waals surface area contributed by atoms with Crippen LogP contribution >= 0.6 is 0 Å². The molecular weight excluding hydrogens is 510 g/mol. The van der Waals surface area contributed by atoms with Gasteiger partial charge in [-0.1, -0.05) is 66.7 Å². The first kappa shape index (κ1) is 27.7. The van der Waals surface area contributed by atoms with E-state index in [9.17, 15) is 19.8 Å². The smallest absolute Gasteiger partial charge is 0.326 e. The number of amides is 1. The quantitative estimate of drug-likeness (QED) is 0.402. The van der Waals surface area contributed by atoms with Gasteiger partial charge < -0.3 is 29.3 Å². The van der Waals surface area contributed by atoms with E-state index in [0.29, 0.717) is 49.4 Å². The van der Waals surface area contributed by atoms with Crippen molar-refractivity contribution < 1.29 is 34.0 Å². The Morgan fingerprint density at radius 1 is 0.950 bits per heavy atom. The molecule has 8 heteroatoms. The molecule has 0 radical (unpaired) electrons. The van der Waals surface area contributed by atoms with Crippen LogP contribution < -0.4 is 9.47 Å². The first-order chi connectivity index (χ1) is 19.4. The first-order valence-electron chi connectivity index (χ1n) is 13.7. The number of carboxylic acid groups (broad SMARTS) is 1. The van der Waals surface area contributed by atoms with Gasteiger partial charge in [-0.15, -0.1) is 0 Å². The molecule has 3 aromatic carbocycles. The number of nitrogens with zero attached hydrogens (tertiary/aromatic N) is 1. The van der Waals surface area contributed by atoms with Gasteiger partial charge in [0, 0.05) is 18.5 Å². The average molecular weight is 546 g/mol. The second-order valence-electron chi connectivity index (χ2n) is 10.4. The van der Waals surface area contributed by atoms with Gasteiger partial charge in [0.05, 0.1) is 19.3 Å². The lowest BCUT2D eigenvalue weighted by atomic mass is 9.91. The average Bonchev–Trinajstić information content (AvgIpc) is 2.99. The van der Waals surface area contributed by atoms with E-state index in [-0.39, 0.29) is 25.2 Å². The number of aliphatic carboxylic acids is 1. The number of ether oxygens (including phenoxy) is 3. The minimum absolute atomic E-state index is 0.0782. The Bertz CT molecular complexity index is 1310. The van der Waals surface area contributed by atoms with E-state index in [4.69, 9.17) is 14.2 Å². The van der Waals surface area contributed by atoms with Gasteiger partial charge in [0.25, 0.3) is 5.91 Å². The van der Waals surface area contributed by atoms with Gasteiger partial charge in [-0.3, -0.25) is 4.79 Å². The van der Waals surface area contributed by atoms with E-state index in [1.165, 1.54) is 4.90 Å². The number of methoxy groups -OCH3 is 1. The summed E-state index contributed by atoms with van der Waals surface area (Å²) in [5, 5.41) is 20.2. The monoisotopic (exact) mass is 545 g/mol. The van der Waals surface area contributed by atoms with Crippen LogP contribution in [-0.4, -0.2) is 52.3 Å². The number of fused-ring (bicyclic) bond motifs is 1. The Morgan fingerprint density at radius 2 is 1.62 bits per heavy atom. The highest BCUT2D eigenvalue weighted by molar-refractivity contribution is 5.88. The molecule has 1 saturated carbocycles. The number of hydrogen-bond donors (Lipinski definition) is 2. The van der Waals surface area contributed by atoms with Crippen LogP contribution in [0.5, 0.6) is 11.5 Å². The number of carbonyl (C=O) groups excluding carboxylic acids is 1. The van der Waals surface area contributed by atoms with Crippen molar-refractivity contribution >= 4 is 11.9 Å². The fourth-order valence-electron chi connectivity index (χ4n) is 5.55. The first-order valence-corrected chi connectivity index (χ1v) is 13.7. The zero-order valence-electron chi connectivity index (χ0n) is 22.6. The molecule has 3 aromatic rings. The van der Waals surface area contributed by atoms with Crippen LogP contribution in [0.4, 0.5) is 0 Å². The lowest BCUT2D eigenvalue weighted by Crippen LogP contribution is -2.51. The Balaban J connectivity index is 1.44. The SMILES string of the molecule is COc1ccc2c(c1OCc1ccccc1)CC(C(=O)O)N(C(=O)C(OC1CCC(O)CC1)c1ccccc1)C2. The molecule has 1 amide bonds. The fraction of sp³-hybridized carbons (Fsp3) is 0.375. The largest absolute Gasteiger partial charge is 0.493 e. The predicted octanol–water partition coefficient (Wildman–Crippen LogP) is 4.67. The molecule has 1 heterocycles. The Hall–Kier alpha value is -3.88. The second kappa shape index (κ2) is 12.5. The van der Waals surface area contributed by atoms with Gasteiger partial charge in [-0.05, 0) is 48.4 Å². The van der Waals surface area contributed by atoms with E-state index in [1.54, 1.807) is 13.2 Å². The van der Waals surface area contributed by atoms with E-state index in [0.717, 1.165) is 16.7 Å². The molecule has 0 aromatic heterocycles. The summed E-state index contributed by atoms with van der Waals surface area (Å²) in [7, 11) is 1.55. The molecule has 0 saturated heterocycles. The molecule has 2 aliphatic rings. The molecule has 2 unspecified atom stereocenters. The number of carbonyl (C=O) groups is 2. The van der Waals surface area contributed by atoms with Crippen molar-refractivity contribution in [2.24, 2.45) is 0 Å². The van der Waals surface area contributed by atoms with Gasteiger partial charge in [-0.2, -0.15) is 0 Å². The Labute approximate surface area is 234 Å². The van der Waals surface area contributed by atoms with Crippen molar-refractivity contribution in [2.45, 2.75) is 69.6 Å². The zero-order valence-corrected chi connectivity index (χ0v) is 22.6. The van der Waals surface area contributed by atoms with Crippen molar-refractivity contribution in [3.05, 3.63) is 95.1 Å². The molecule has 1 fully saturated rings. The highest BCUT2D eigenvalue weighted by atomic mass is 16.5. The van der Waals surface area contributed by atoms with Crippen molar-refractivity contribution in [1.29, 1.82) is 0 Å². The van der Waals surface area contributed by atoms with Gasteiger partial charge in [0.2, 0.25) is 0 Å². The molecule has 210 valence electrons. The third kappa shape index (κ3) is 6.13. The van der Waals surface area contributed by atoms with Crippen molar-refractivity contribution in [3.8, 4) is 11.5 Å². The van der Waals surface area contributed by atoms with Gasteiger partial charge in [0.15, 0.2) is 17.6 Å². The molecule has 1 aliphatic carbocycles. The number of benzene rings is 3. The maximum atomic E-state index is 14.1. The van der Waals surface area contributed by atoms with Crippen LogP contribution in [-0.2, 0) is 33.9 Å². The van der Waals surface area contributed by atoms with Gasteiger partial charge in [0.1, 0.15) is 12.6 Å². The van der Waals surface area contributed by atoms with Crippen LogP contribution in [0, 0.1) is 0 Å². The number of aliphatic hydroxyl groups is 1. The maximum absolute atomic E-state index is 14.1. The Kier molecular flexibility index (Phi) is 8.67. The maximum Gasteiger partial charge on any atom is 0.326 e. The van der Waals surface area contributed by atoms with Crippen molar-refractivity contribution in [2.75, 3.05) is 7.11 Å². The van der Waals surface area contributed by atoms with Gasteiger partial charge in [-0.25, -0.2) is 4.79 Å². The van der Waals surface area contributed by atoms with Crippen LogP contribution in [0.1, 0.15) is 54.0 Å². The molecule has 40 heavy (non-hydrogen) atoms.